The number of amides is 1. The molecule has 4 heterocycles. The van der Waals surface area contributed by atoms with Gasteiger partial charge in [-0.3, -0.25) is 9.78 Å². The van der Waals surface area contributed by atoms with Gasteiger partial charge in [0, 0.05) is 30.7 Å². The number of rotatable bonds is 4. The lowest BCUT2D eigenvalue weighted by Crippen LogP contribution is -2.43. The van der Waals surface area contributed by atoms with Crippen molar-refractivity contribution in [3.8, 4) is 0 Å². The fourth-order valence-corrected chi connectivity index (χ4v) is 4.96. The Labute approximate surface area is 193 Å². The van der Waals surface area contributed by atoms with E-state index < -0.39 is 0 Å². The van der Waals surface area contributed by atoms with Crippen LogP contribution in [0.1, 0.15) is 47.7 Å². The Bertz CT molecular complexity index is 1160. The molecular formula is C25H31N7O. The number of nitrogens with zero attached hydrogens (tertiary/aromatic N) is 3. The molecule has 0 spiro atoms. The summed E-state index contributed by atoms with van der Waals surface area (Å²) in [5.41, 5.74) is 16.6. The third-order valence-electron chi connectivity index (χ3n) is 6.74. The molecule has 1 amide bonds. The molecule has 33 heavy (non-hydrogen) atoms. The van der Waals surface area contributed by atoms with Crippen LogP contribution in [0.25, 0.3) is 10.9 Å². The predicted molar refractivity (Wildman–Crippen MR) is 133 cm³/mol. The minimum Gasteiger partial charge on any atom is -0.397 e. The van der Waals surface area contributed by atoms with Crippen LogP contribution < -0.4 is 27.0 Å². The van der Waals surface area contributed by atoms with E-state index in [9.17, 15) is 4.79 Å². The highest BCUT2D eigenvalue weighted by Crippen LogP contribution is 2.30. The van der Waals surface area contributed by atoms with Gasteiger partial charge in [-0.2, -0.15) is 0 Å². The van der Waals surface area contributed by atoms with Crippen molar-refractivity contribution >= 4 is 33.9 Å². The van der Waals surface area contributed by atoms with E-state index in [4.69, 9.17) is 11.5 Å². The summed E-state index contributed by atoms with van der Waals surface area (Å²) in [6.07, 6.45) is 7.65. The van der Waals surface area contributed by atoms with E-state index in [0.717, 1.165) is 68.5 Å². The van der Waals surface area contributed by atoms with Crippen LogP contribution in [-0.4, -0.2) is 48.1 Å². The molecule has 8 heteroatoms. The zero-order valence-corrected chi connectivity index (χ0v) is 18.8. The van der Waals surface area contributed by atoms with Crippen molar-refractivity contribution in [3.63, 3.8) is 0 Å². The van der Waals surface area contributed by atoms with Crippen LogP contribution in [0, 0.1) is 0 Å². The number of carbonyl (C=O) groups is 1. The third-order valence-corrected chi connectivity index (χ3v) is 6.74. The highest BCUT2D eigenvalue weighted by Gasteiger charge is 2.22. The van der Waals surface area contributed by atoms with Gasteiger partial charge >= 0.3 is 0 Å². The first-order valence-electron chi connectivity index (χ1n) is 11.8. The first-order chi connectivity index (χ1) is 16.1. The minimum atomic E-state index is -0.336. The summed E-state index contributed by atoms with van der Waals surface area (Å²) >= 11 is 0. The molecular weight excluding hydrogens is 414 g/mol. The lowest BCUT2D eigenvalue weighted by atomic mass is 9.89. The van der Waals surface area contributed by atoms with Crippen LogP contribution in [0.5, 0.6) is 0 Å². The van der Waals surface area contributed by atoms with Crippen molar-refractivity contribution in [1.29, 1.82) is 0 Å². The van der Waals surface area contributed by atoms with Crippen molar-refractivity contribution < 1.29 is 4.79 Å². The smallest absolute Gasteiger partial charge is 0.276 e. The lowest BCUT2D eigenvalue weighted by Gasteiger charge is -2.33. The summed E-state index contributed by atoms with van der Waals surface area (Å²) in [7, 11) is 0. The molecule has 172 valence electrons. The van der Waals surface area contributed by atoms with Crippen LogP contribution in [0.4, 0.5) is 17.1 Å². The first kappa shape index (κ1) is 21.6. The second kappa shape index (κ2) is 9.33. The molecule has 0 radical (unpaired) electrons. The number of pyridine rings is 2. The van der Waals surface area contributed by atoms with Gasteiger partial charge in [0.05, 0.1) is 28.8 Å². The molecule has 3 aromatic rings. The fourth-order valence-electron chi connectivity index (χ4n) is 4.96. The Morgan fingerprint density at radius 3 is 2.82 bits per heavy atom. The number of carbonyl (C=O) groups excluding carboxylic acids is 1. The van der Waals surface area contributed by atoms with E-state index >= 15 is 0 Å². The summed E-state index contributed by atoms with van der Waals surface area (Å²) in [6.45, 7) is 3.71. The molecule has 2 aromatic heterocycles. The van der Waals surface area contributed by atoms with Crippen LogP contribution in [0.15, 0.2) is 42.7 Å². The summed E-state index contributed by atoms with van der Waals surface area (Å²) < 4.78 is 0. The zero-order valence-electron chi connectivity index (χ0n) is 18.8. The van der Waals surface area contributed by atoms with E-state index in [0.29, 0.717) is 17.3 Å². The zero-order chi connectivity index (χ0) is 22.8. The van der Waals surface area contributed by atoms with Crippen molar-refractivity contribution in [2.45, 2.75) is 37.6 Å². The van der Waals surface area contributed by atoms with E-state index in [1.165, 1.54) is 5.56 Å². The molecule has 0 saturated carbocycles. The largest absolute Gasteiger partial charge is 0.397 e. The van der Waals surface area contributed by atoms with Crippen LogP contribution >= 0.6 is 0 Å². The molecule has 2 aliphatic heterocycles. The average Bonchev–Trinajstić information content (AvgIpc) is 2.84. The van der Waals surface area contributed by atoms with Gasteiger partial charge in [-0.15, -0.1) is 0 Å². The third kappa shape index (κ3) is 4.62. The molecule has 5 rings (SSSR count). The van der Waals surface area contributed by atoms with Crippen LogP contribution in [0.3, 0.4) is 0 Å². The summed E-state index contributed by atoms with van der Waals surface area (Å²) in [5.74, 6) is 0.179. The maximum atomic E-state index is 13.2. The van der Waals surface area contributed by atoms with E-state index in [1.54, 1.807) is 12.4 Å². The second-order valence-corrected chi connectivity index (χ2v) is 9.10. The SMILES string of the molecule is Nc1cc2ccc(C3CCNCC3)cc2nc1C(=O)Nc1cnccc1N1CCCC(N)C1. The van der Waals surface area contributed by atoms with Gasteiger partial charge in [0.1, 0.15) is 0 Å². The van der Waals surface area contributed by atoms with Crippen molar-refractivity contribution in [2.75, 3.05) is 42.1 Å². The average molecular weight is 446 g/mol. The molecule has 2 saturated heterocycles. The van der Waals surface area contributed by atoms with Crippen molar-refractivity contribution in [1.82, 2.24) is 15.3 Å². The number of hydrogen-bond acceptors (Lipinski definition) is 7. The number of hydrogen-bond donors (Lipinski definition) is 4. The van der Waals surface area contributed by atoms with Gasteiger partial charge in [0.2, 0.25) is 0 Å². The molecule has 1 unspecified atom stereocenters. The quantitative estimate of drug-likeness (QED) is 0.487. The van der Waals surface area contributed by atoms with Crippen molar-refractivity contribution in [3.05, 3.63) is 54.0 Å². The number of anilines is 3. The van der Waals surface area contributed by atoms with Gasteiger partial charge < -0.3 is 27.0 Å². The molecule has 6 N–H and O–H groups in total. The number of piperidine rings is 2. The van der Waals surface area contributed by atoms with E-state index in [-0.39, 0.29) is 17.6 Å². The molecule has 8 nitrogen and oxygen atoms in total. The fraction of sp³-hybridized carbons (Fsp3) is 0.400. The topological polar surface area (TPSA) is 122 Å². The molecule has 1 atom stereocenters. The number of nitrogen functional groups attached to an aromatic ring is 1. The van der Waals surface area contributed by atoms with Gasteiger partial charge in [0.25, 0.3) is 5.91 Å². The predicted octanol–water partition coefficient (Wildman–Crippen LogP) is 2.86. The summed E-state index contributed by atoms with van der Waals surface area (Å²) in [4.78, 5) is 24.3. The van der Waals surface area contributed by atoms with Gasteiger partial charge in [0.15, 0.2) is 5.69 Å². The van der Waals surface area contributed by atoms with Crippen molar-refractivity contribution in [2.24, 2.45) is 5.73 Å². The normalized spacial score (nSPS) is 19.5. The highest BCUT2D eigenvalue weighted by molar-refractivity contribution is 6.09. The number of nitrogens with one attached hydrogen (secondary N) is 2. The first-order valence-corrected chi connectivity index (χ1v) is 11.8. The van der Waals surface area contributed by atoms with Crippen LogP contribution in [0.2, 0.25) is 0 Å². The standard InChI is InChI=1S/C25H31N7O/c26-19-2-1-11-32(15-19)23-7-10-29-14-22(23)31-25(33)24-20(27)12-18-4-3-17(13-21(18)30-24)16-5-8-28-9-6-16/h3-4,7,10,12-14,16,19,28H,1-2,5-6,8-9,11,15,26-27H2,(H,31,33). The maximum Gasteiger partial charge on any atom is 0.276 e. The van der Waals surface area contributed by atoms with E-state index in [2.05, 4.69) is 43.7 Å². The molecule has 0 aliphatic carbocycles. The number of benzene rings is 1. The van der Waals surface area contributed by atoms with Gasteiger partial charge in [-0.25, -0.2) is 4.98 Å². The molecule has 0 bridgehead atoms. The second-order valence-electron chi connectivity index (χ2n) is 9.10. The Morgan fingerprint density at radius 1 is 1.15 bits per heavy atom. The lowest BCUT2D eigenvalue weighted by molar-refractivity contribution is 0.102. The monoisotopic (exact) mass is 445 g/mol. The number of fused-ring (bicyclic) bond motifs is 1. The number of nitrogens with two attached hydrogens (primary N) is 2. The van der Waals surface area contributed by atoms with E-state index in [1.807, 2.05) is 12.1 Å². The summed E-state index contributed by atoms with van der Waals surface area (Å²) in [5, 5.41) is 7.33. The van der Waals surface area contributed by atoms with Gasteiger partial charge in [-0.1, -0.05) is 12.1 Å². The minimum absolute atomic E-state index is 0.127. The Hall–Kier alpha value is -3.23. The Morgan fingerprint density at radius 2 is 2.00 bits per heavy atom. The Kier molecular flexibility index (Phi) is 6.11. The number of aromatic nitrogens is 2. The molecule has 2 fully saturated rings. The highest BCUT2D eigenvalue weighted by atomic mass is 16.1. The summed E-state index contributed by atoms with van der Waals surface area (Å²) in [6, 6.07) is 10.2. The van der Waals surface area contributed by atoms with Crippen LogP contribution in [-0.2, 0) is 0 Å². The maximum absolute atomic E-state index is 13.2. The molecule has 2 aliphatic rings. The Balaban J connectivity index is 1.42. The molecule has 1 aromatic carbocycles. The van der Waals surface area contributed by atoms with Gasteiger partial charge in [-0.05, 0) is 68.5 Å².